The monoisotopic (exact) mass is 385 g/mol. The minimum atomic E-state index is -0.264. The summed E-state index contributed by atoms with van der Waals surface area (Å²) in [6, 6.07) is 14.8. The lowest BCUT2D eigenvalue weighted by Gasteiger charge is -2.07. The quantitative estimate of drug-likeness (QED) is 0.539. The maximum absolute atomic E-state index is 12.7. The molecule has 0 unspecified atom stereocenters. The first-order valence-electron chi connectivity index (χ1n) is 7.89. The van der Waals surface area contributed by atoms with Gasteiger partial charge in [-0.2, -0.15) is 5.10 Å². The van der Waals surface area contributed by atoms with E-state index in [0.717, 1.165) is 11.1 Å². The van der Waals surface area contributed by atoms with Gasteiger partial charge in [-0.15, -0.1) is 5.10 Å². The molecule has 6 nitrogen and oxygen atoms in total. The molecule has 0 amide bonds. The molecule has 4 rings (SSSR count). The zero-order chi connectivity index (χ0) is 18.1. The van der Waals surface area contributed by atoms with Crippen LogP contribution in [0.1, 0.15) is 11.1 Å². The molecule has 0 N–H and O–H groups in total. The number of rotatable bonds is 4. The summed E-state index contributed by atoms with van der Waals surface area (Å²) in [5.41, 5.74) is 1.85. The third-order valence-corrected chi connectivity index (χ3v) is 4.82. The Bertz CT molecular complexity index is 1150. The molecular formula is C18H13Cl2N5O. The molecule has 2 aromatic carbocycles. The minimum Gasteiger partial charge on any atom is -0.267 e. The molecule has 4 aromatic rings. The van der Waals surface area contributed by atoms with Crippen molar-refractivity contribution in [1.82, 2.24) is 24.8 Å². The van der Waals surface area contributed by atoms with Crippen molar-refractivity contribution in [3.05, 3.63) is 86.3 Å². The topological polar surface area (TPSA) is 65.6 Å². The van der Waals surface area contributed by atoms with Crippen LogP contribution in [0.5, 0.6) is 0 Å². The van der Waals surface area contributed by atoms with Gasteiger partial charge in [0.2, 0.25) is 0 Å². The lowest BCUT2D eigenvalue weighted by atomic mass is 10.2. The zero-order valence-electron chi connectivity index (χ0n) is 13.5. The molecule has 0 atom stereocenters. The van der Waals surface area contributed by atoms with Gasteiger partial charge in [-0.05, 0) is 23.3 Å². The Morgan fingerprint density at radius 2 is 1.42 bits per heavy atom. The van der Waals surface area contributed by atoms with Gasteiger partial charge in [0.1, 0.15) is 5.39 Å². The van der Waals surface area contributed by atoms with E-state index in [2.05, 4.69) is 15.4 Å². The molecule has 0 bridgehead atoms. The predicted molar refractivity (Wildman–Crippen MR) is 101 cm³/mol. The second kappa shape index (κ2) is 6.90. The van der Waals surface area contributed by atoms with E-state index >= 15 is 0 Å². The van der Waals surface area contributed by atoms with Gasteiger partial charge in [-0.25, -0.2) is 9.36 Å². The van der Waals surface area contributed by atoms with Crippen molar-refractivity contribution < 1.29 is 0 Å². The highest BCUT2D eigenvalue weighted by Crippen LogP contribution is 2.18. The number of halogens is 2. The molecule has 8 heteroatoms. The molecule has 0 aliphatic rings. The van der Waals surface area contributed by atoms with Crippen LogP contribution >= 0.6 is 23.2 Å². The van der Waals surface area contributed by atoms with Crippen LogP contribution in [0.4, 0.5) is 0 Å². The number of fused-ring (bicyclic) bond motifs is 1. The molecule has 26 heavy (non-hydrogen) atoms. The van der Waals surface area contributed by atoms with E-state index in [1.54, 1.807) is 10.7 Å². The summed E-state index contributed by atoms with van der Waals surface area (Å²) in [5, 5.41) is 14.1. The standard InChI is InChI=1S/C18H13Cl2N5O/c19-15-7-3-1-5-12(15)10-24-17-14(9-21-24)18(26)25(23-22-17)11-13-6-2-4-8-16(13)20/h1-9H,10-11H2. The number of nitrogens with zero attached hydrogens (tertiary/aromatic N) is 5. The highest BCUT2D eigenvalue weighted by atomic mass is 35.5. The van der Waals surface area contributed by atoms with Crippen LogP contribution in [0, 0.1) is 0 Å². The summed E-state index contributed by atoms with van der Waals surface area (Å²) in [4.78, 5) is 12.7. The van der Waals surface area contributed by atoms with E-state index in [1.165, 1.54) is 10.9 Å². The van der Waals surface area contributed by atoms with Crippen LogP contribution in [-0.2, 0) is 13.1 Å². The van der Waals surface area contributed by atoms with Crippen LogP contribution in [0.25, 0.3) is 11.0 Å². The fourth-order valence-electron chi connectivity index (χ4n) is 2.71. The van der Waals surface area contributed by atoms with Crippen LogP contribution in [0.2, 0.25) is 10.0 Å². The van der Waals surface area contributed by atoms with Crippen LogP contribution in [-0.4, -0.2) is 24.8 Å². The molecule has 0 spiro atoms. The van der Waals surface area contributed by atoms with Gasteiger partial charge in [0.15, 0.2) is 5.65 Å². The third kappa shape index (κ3) is 3.09. The second-order valence-electron chi connectivity index (χ2n) is 5.77. The van der Waals surface area contributed by atoms with Crippen molar-refractivity contribution in [1.29, 1.82) is 0 Å². The summed E-state index contributed by atoms with van der Waals surface area (Å²) in [7, 11) is 0. The Kier molecular flexibility index (Phi) is 4.44. The summed E-state index contributed by atoms with van der Waals surface area (Å²) in [6.45, 7) is 0.656. The molecule has 0 aliphatic carbocycles. The van der Waals surface area contributed by atoms with Gasteiger partial charge in [-0.3, -0.25) is 4.79 Å². The first-order valence-corrected chi connectivity index (χ1v) is 8.65. The Morgan fingerprint density at radius 1 is 0.846 bits per heavy atom. The average Bonchev–Trinajstić information content (AvgIpc) is 3.05. The largest absolute Gasteiger partial charge is 0.281 e. The van der Waals surface area contributed by atoms with Crippen molar-refractivity contribution in [2.75, 3.05) is 0 Å². The van der Waals surface area contributed by atoms with E-state index in [0.29, 0.717) is 27.6 Å². The molecule has 0 saturated heterocycles. The highest BCUT2D eigenvalue weighted by molar-refractivity contribution is 6.31. The molecule has 2 aromatic heterocycles. The molecule has 2 heterocycles. The molecular weight excluding hydrogens is 373 g/mol. The molecule has 0 fully saturated rings. The van der Waals surface area contributed by atoms with Crippen molar-refractivity contribution in [3.63, 3.8) is 0 Å². The number of benzene rings is 2. The molecule has 0 radical (unpaired) electrons. The predicted octanol–water partition coefficient (Wildman–Crippen LogP) is 3.39. The first-order chi connectivity index (χ1) is 12.6. The minimum absolute atomic E-state index is 0.247. The highest BCUT2D eigenvalue weighted by Gasteiger charge is 2.13. The second-order valence-corrected chi connectivity index (χ2v) is 6.59. The normalized spacial score (nSPS) is 11.2. The van der Waals surface area contributed by atoms with Crippen LogP contribution < -0.4 is 5.56 Å². The number of aromatic nitrogens is 5. The Morgan fingerprint density at radius 3 is 2.04 bits per heavy atom. The summed E-state index contributed by atoms with van der Waals surface area (Å²) in [5.74, 6) is 0. The fraction of sp³-hybridized carbons (Fsp3) is 0.111. The number of hydrogen-bond acceptors (Lipinski definition) is 4. The van der Waals surface area contributed by atoms with Crippen molar-refractivity contribution in [2.24, 2.45) is 0 Å². The maximum Gasteiger partial charge on any atom is 0.281 e. The van der Waals surface area contributed by atoms with E-state index in [1.807, 2.05) is 42.5 Å². The zero-order valence-corrected chi connectivity index (χ0v) is 15.0. The van der Waals surface area contributed by atoms with Crippen LogP contribution in [0.3, 0.4) is 0 Å². The summed E-state index contributed by atoms with van der Waals surface area (Å²) in [6.07, 6.45) is 1.51. The fourth-order valence-corrected chi connectivity index (χ4v) is 3.10. The third-order valence-electron chi connectivity index (χ3n) is 4.08. The van der Waals surface area contributed by atoms with Gasteiger partial charge in [0.05, 0.1) is 19.3 Å². The van der Waals surface area contributed by atoms with Gasteiger partial charge < -0.3 is 0 Å². The smallest absolute Gasteiger partial charge is 0.267 e. The van der Waals surface area contributed by atoms with Crippen molar-refractivity contribution in [2.45, 2.75) is 13.1 Å². The van der Waals surface area contributed by atoms with Gasteiger partial charge in [0.25, 0.3) is 5.56 Å². The first kappa shape index (κ1) is 16.8. The summed E-state index contributed by atoms with van der Waals surface area (Å²) < 4.78 is 2.90. The van der Waals surface area contributed by atoms with E-state index in [-0.39, 0.29) is 12.1 Å². The van der Waals surface area contributed by atoms with Crippen LogP contribution in [0.15, 0.2) is 59.5 Å². The van der Waals surface area contributed by atoms with Gasteiger partial charge >= 0.3 is 0 Å². The Labute approximate surface area is 158 Å². The van der Waals surface area contributed by atoms with E-state index < -0.39 is 0 Å². The Hall–Kier alpha value is -2.70. The lowest BCUT2D eigenvalue weighted by molar-refractivity contribution is 0.592. The maximum atomic E-state index is 12.7. The average molecular weight is 386 g/mol. The molecule has 0 saturated carbocycles. The van der Waals surface area contributed by atoms with Gasteiger partial charge in [-0.1, -0.05) is 64.8 Å². The van der Waals surface area contributed by atoms with E-state index in [9.17, 15) is 4.79 Å². The van der Waals surface area contributed by atoms with Crippen molar-refractivity contribution in [3.8, 4) is 0 Å². The van der Waals surface area contributed by atoms with Crippen molar-refractivity contribution >= 4 is 34.2 Å². The number of hydrogen-bond donors (Lipinski definition) is 0. The molecule has 0 aliphatic heterocycles. The lowest BCUT2D eigenvalue weighted by Crippen LogP contribution is -2.25. The Balaban J connectivity index is 1.71. The molecule has 130 valence electrons. The van der Waals surface area contributed by atoms with Gasteiger partial charge in [0, 0.05) is 10.0 Å². The summed E-state index contributed by atoms with van der Waals surface area (Å²) >= 11 is 12.4. The SMILES string of the molecule is O=c1c2cnn(Cc3ccccc3Cl)c2nnn1Cc1ccccc1Cl. The van der Waals surface area contributed by atoms with E-state index in [4.69, 9.17) is 23.2 Å².